The maximum Gasteiger partial charge on any atom is 0.176 e. The van der Waals surface area contributed by atoms with Gasteiger partial charge >= 0.3 is 0 Å². The van der Waals surface area contributed by atoms with E-state index in [1.54, 1.807) is 21.3 Å². The molecule has 4 nitrogen and oxygen atoms in total. The Morgan fingerprint density at radius 1 is 1.06 bits per heavy atom. The van der Waals surface area contributed by atoms with Crippen LogP contribution >= 0.6 is 0 Å². The molecule has 4 heteroatoms. The summed E-state index contributed by atoms with van der Waals surface area (Å²) in [5, 5.41) is 3.29. The van der Waals surface area contributed by atoms with Gasteiger partial charge in [0.25, 0.3) is 0 Å². The van der Waals surface area contributed by atoms with Gasteiger partial charge in [-0.05, 0) is 19.1 Å². The van der Waals surface area contributed by atoms with Crippen LogP contribution in [0.15, 0.2) is 24.3 Å². The maximum atomic E-state index is 5.25. The maximum absolute atomic E-state index is 5.25. The van der Waals surface area contributed by atoms with E-state index in [2.05, 4.69) is 5.32 Å². The Morgan fingerprint density at radius 3 is 2.25 bits per heavy atom. The molecule has 0 radical (unpaired) electrons. The lowest BCUT2D eigenvalue weighted by molar-refractivity contribution is -0.109. The molecule has 0 bridgehead atoms. The number of rotatable bonds is 6. The molecule has 0 aromatic heterocycles. The van der Waals surface area contributed by atoms with Gasteiger partial charge in [0.15, 0.2) is 6.29 Å². The van der Waals surface area contributed by atoms with Crippen LogP contribution in [0.4, 0.5) is 5.69 Å². The van der Waals surface area contributed by atoms with Gasteiger partial charge in [0.1, 0.15) is 5.75 Å². The number of ether oxygens (including phenoxy) is 3. The van der Waals surface area contributed by atoms with Gasteiger partial charge in [0, 0.05) is 14.2 Å². The number of methoxy groups -OCH3 is 3. The number of hydrogen-bond acceptors (Lipinski definition) is 4. The van der Waals surface area contributed by atoms with Crippen molar-refractivity contribution in [2.75, 3.05) is 26.6 Å². The lowest BCUT2D eigenvalue weighted by atomic mass is 10.2. The Labute approximate surface area is 96.5 Å². The topological polar surface area (TPSA) is 39.7 Å². The first-order chi connectivity index (χ1) is 7.72. The highest BCUT2D eigenvalue weighted by atomic mass is 16.7. The zero-order chi connectivity index (χ0) is 12.0. The van der Waals surface area contributed by atoms with Gasteiger partial charge in [-0.3, -0.25) is 0 Å². The summed E-state index contributed by atoms with van der Waals surface area (Å²) in [6, 6.07) is 7.78. The quantitative estimate of drug-likeness (QED) is 0.753. The van der Waals surface area contributed by atoms with Gasteiger partial charge in [-0.2, -0.15) is 0 Å². The van der Waals surface area contributed by atoms with E-state index >= 15 is 0 Å². The second-order valence-corrected chi connectivity index (χ2v) is 3.47. The van der Waals surface area contributed by atoms with Crippen molar-refractivity contribution in [1.82, 2.24) is 0 Å². The van der Waals surface area contributed by atoms with Crippen molar-refractivity contribution in [3.05, 3.63) is 24.3 Å². The molecule has 16 heavy (non-hydrogen) atoms. The second-order valence-electron chi connectivity index (χ2n) is 3.47. The Morgan fingerprint density at radius 2 is 1.69 bits per heavy atom. The molecular formula is C12H19NO3. The lowest BCUT2D eigenvalue weighted by Gasteiger charge is -2.23. The Balaban J connectivity index is 2.71. The van der Waals surface area contributed by atoms with E-state index in [0.29, 0.717) is 0 Å². The number of benzene rings is 1. The number of anilines is 1. The average molecular weight is 225 g/mol. The highest BCUT2D eigenvalue weighted by Gasteiger charge is 2.16. The van der Waals surface area contributed by atoms with Gasteiger partial charge in [-0.1, -0.05) is 12.1 Å². The van der Waals surface area contributed by atoms with Crippen LogP contribution < -0.4 is 10.1 Å². The fourth-order valence-electron chi connectivity index (χ4n) is 1.58. The van der Waals surface area contributed by atoms with Crippen LogP contribution in [0.2, 0.25) is 0 Å². The van der Waals surface area contributed by atoms with Gasteiger partial charge in [0.05, 0.1) is 18.8 Å². The van der Waals surface area contributed by atoms with Crippen molar-refractivity contribution in [1.29, 1.82) is 0 Å². The lowest BCUT2D eigenvalue weighted by Crippen LogP contribution is -2.33. The summed E-state index contributed by atoms with van der Waals surface area (Å²) in [5.74, 6) is 0.806. The molecule has 0 saturated heterocycles. The minimum absolute atomic E-state index is 0.0336. The van der Waals surface area contributed by atoms with E-state index in [0.717, 1.165) is 11.4 Å². The van der Waals surface area contributed by atoms with E-state index in [-0.39, 0.29) is 12.3 Å². The molecule has 0 fully saturated rings. The van der Waals surface area contributed by atoms with Crippen molar-refractivity contribution in [2.24, 2.45) is 0 Å². The normalized spacial score (nSPS) is 12.6. The third-order valence-corrected chi connectivity index (χ3v) is 2.36. The van der Waals surface area contributed by atoms with Crippen molar-refractivity contribution < 1.29 is 14.2 Å². The monoisotopic (exact) mass is 225 g/mol. The van der Waals surface area contributed by atoms with Gasteiger partial charge in [-0.25, -0.2) is 0 Å². The zero-order valence-corrected chi connectivity index (χ0v) is 10.2. The zero-order valence-electron chi connectivity index (χ0n) is 10.2. The standard InChI is InChI=1S/C12H19NO3/c1-9(12(15-3)16-4)13-10-7-5-6-8-11(10)14-2/h5-9,12-13H,1-4H3. The number of para-hydroxylation sites is 2. The summed E-state index contributed by atoms with van der Waals surface area (Å²) in [7, 11) is 4.89. The van der Waals surface area contributed by atoms with Gasteiger partial charge in [0.2, 0.25) is 0 Å². The third kappa shape index (κ3) is 3.12. The predicted molar refractivity (Wildman–Crippen MR) is 63.9 cm³/mol. The summed E-state index contributed by atoms with van der Waals surface area (Å²) in [6.07, 6.45) is -0.287. The smallest absolute Gasteiger partial charge is 0.176 e. The first-order valence-corrected chi connectivity index (χ1v) is 5.18. The van der Waals surface area contributed by atoms with E-state index < -0.39 is 0 Å². The summed E-state index contributed by atoms with van der Waals surface area (Å²) in [6.45, 7) is 1.99. The molecule has 0 spiro atoms. The van der Waals surface area contributed by atoms with Crippen LogP contribution in [0.5, 0.6) is 5.75 Å². The predicted octanol–water partition coefficient (Wildman–Crippen LogP) is 2.11. The molecule has 0 amide bonds. The molecule has 0 aliphatic heterocycles. The first kappa shape index (κ1) is 12.8. The molecule has 90 valence electrons. The first-order valence-electron chi connectivity index (χ1n) is 5.18. The number of nitrogens with one attached hydrogen (secondary N) is 1. The van der Waals surface area contributed by atoms with Crippen molar-refractivity contribution >= 4 is 5.69 Å². The average Bonchev–Trinajstić information content (AvgIpc) is 2.31. The largest absolute Gasteiger partial charge is 0.495 e. The Kier molecular flexibility index (Phi) is 5.08. The fourth-order valence-corrected chi connectivity index (χ4v) is 1.58. The van der Waals surface area contributed by atoms with Crippen LogP contribution in [0.1, 0.15) is 6.92 Å². The van der Waals surface area contributed by atoms with Gasteiger partial charge in [-0.15, -0.1) is 0 Å². The van der Waals surface area contributed by atoms with Crippen LogP contribution in [0.25, 0.3) is 0 Å². The minimum atomic E-state index is -0.287. The highest BCUT2D eigenvalue weighted by Crippen LogP contribution is 2.24. The van der Waals surface area contributed by atoms with E-state index in [1.165, 1.54) is 0 Å². The molecule has 1 aromatic rings. The molecule has 1 atom stereocenters. The van der Waals surface area contributed by atoms with Crippen molar-refractivity contribution in [3.63, 3.8) is 0 Å². The minimum Gasteiger partial charge on any atom is -0.495 e. The summed E-state index contributed by atoms with van der Waals surface area (Å²) in [5.41, 5.74) is 0.927. The molecular weight excluding hydrogens is 206 g/mol. The molecule has 0 aliphatic rings. The van der Waals surface area contributed by atoms with E-state index in [1.807, 2.05) is 31.2 Å². The molecule has 0 heterocycles. The molecule has 1 rings (SSSR count). The van der Waals surface area contributed by atoms with Gasteiger partial charge < -0.3 is 19.5 Å². The molecule has 0 saturated carbocycles. The van der Waals surface area contributed by atoms with Crippen molar-refractivity contribution in [3.8, 4) is 5.75 Å². The van der Waals surface area contributed by atoms with Crippen molar-refractivity contribution in [2.45, 2.75) is 19.3 Å². The SMILES string of the molecule is COc1ccccc1NC(C)C(OC)OC. The fraction of sp³-hybridized carbons (Fsp3) is 0.500. The van der Waals surface area contributed by atoms with Crippen LogP contribution in [0, 0.1) is 0 Å². The molecule has 1 aromatic carbocycles. The van der Waals surface area contributed by atoms with E-state index in [4.69, 9.17) is 14.2 Å². The third-order valence-electron chi connectivity index (χ3n) is 2.36. The number of hydrogen-bond donors (Lipinski definition) is 1. The Hall–Kier alpha value is -1.26. The van der Waals surface area contributed by atoms with Crippen LogP contribution in [-0.2, 0) is 9.47 Å². The highest BCUT2D eigenvalue weighted by molar-refractivity contribution is 5.56. The molecule has 0 aliphatic carbocycles. The summed E-state index contributed by atoms with van der Waals surface area (Å²) >= 11 is 0. The summed E-state index contributed by atoms with van der Waals surface area (Å²) < 4.78 is 15.6. The summed E-state index contributed by atoms with van der Waals surface area (Å²) in [4.78, 5) is 0. The van der Waals surface area contributed by atoms with E-state index in [9.17, 15) is 0 Å². The second kappa shape index (κ2) is 6.35. The van der Waals surface area contributed by atoms with Crippen LogP contribution in [-0.4, -0.2) is 33.7 Å². The molecule has 1 N–H and O–H groups in total. The Bertz CT molecular complexity index is 313. The molecule has 1 unspecified atom stereocenters. The van der Waals surface area contributed by atoms with Crippen LogP contribution in [0.3, 0.4) is 0 Å².